The van der Waals surface area contributed by atoms with Crippen LogP contribution in [0.2, 0.25) is 0 Å². The standard InChI is InChI=1S/C13H19N3O2/c1-10-4-3-5-16(7-10)13(17)8-18-12-6-11(2)14-9-15-12/h6,9-10H,3-5,7-8H2,1-2H3. The highest BCUT2D eigenvalue weighted by atomic mass is 16.5. The molecular formula is C13H19N3O2. The molecule has 5 nitrogen and oxygen atoms in total. The van der Waals surface area contributed by atoms with E-state index < -0.39 is 0 Å². The number of amides is 1. The number of hydrogen-bond donors (Lipinski definition) is 0. The highest BCUT2D eigenvalue weighted by Crippen LogP contribution is 2.15. The first-order valence-corrected chi connectivity index (χ1v) is 6.34. The third-order valence-corrected chi connectivity index (χ3v) is 3.13. The molecule has 1 saturated heterocycles. The molecule has 0 N–H and O–H groups in total. The molecule has 5 heteroatoms. The first-order valence-electron chi connectivity index (χ1n) is 6.34. The fourth-order valence-electron chi connectivity index (χ4n) is 2.15. The topological polar surface area (TPSA) is 55.3 Å². The van der Waals surface area contributed by atoms with Crippen molar-refractivity contribution in [3.05, 3.63) is 18.1 Å². The van der Waals surface area contributed by atoms with Gasteiger partial charge in [0.2, 0.25) is 5.88 Å². The van der Waals surface area contributed by atoms with Crippen LogP contribution in [0.1, 0.15) is 25.5 Å². The van der Waals surface area contributed by atoms with Gasteiger partial charge in [0.1, 0.15) is 6.33 Å². The number of ether oxygens (including phenoxy) is 1. The lowest BCUT2D eigenvalue weighted by Crippen LogP contribution is -2.41. The highest BCUT2D eigenvalue weighted by molar-refractivity contribution is 5.77. The summed E-state index contributed by atoms with van der Waals surface area (Å²) in [5, 5.41) is 0. The van der Waals surface area contributed by atoms with Crippen molar-refractivity contribution in [3.63, 3.8) is 0 Å². The Labute approximate surface area is 107 Å². The van der Waals surface area contributed by atoms with E-state index in [4.69, 9.17) is 4.74 Å². The van der Waals surface area contributed by atoms with Crippen LogP contribution in [0.3, 0.4) is 0 Å². The van der Waals surface area contributed by atoms with E-state index in [1.807, 2.05) is 11.8 Å². The molecule has 1 aliphatic rings. The fraction of sp³-hybridized carbons (Fsp3) is 0.615. The van der Waals surface area contributed by atoms with Crippen LogP contribution in [-0.4, -0.2) is 40.5 Å². The second kappa shape index (κ2) is 5.80. The maximum atomic E-state index is 12.0. The minimum Gasteiger partial charge on any atom is -0.467 e. The van der Waals surface area contributed by atoms with Crippen molar-refractivity contribution in [3.8, 4) is 5.88 Å². The molecule has 0 aromatic carbocycles. The molecule has 18 heavy (non-hydrogen) atoms. The van der Waals surface area contributed by atoms with E-state index in [9.17, 15) is 4.79 Å². The molecule has 1 amide bonds. The van der Waals surface area contributed by atoms with Gasteiger partial charge in [-0.25, -0.2) is 9.97 Å². The number of nitrogens with zero attached hydrogens (tertiary/aromatic N) is 3. The fourth-order valence-corrected chi connectivity index (χ4v) is 2.15. The van der Waals surface area contributed by atoms with Crippen LogP contribution in [-0.2, 0) is 4.79 Å². The maximum Gasteiger partial charge on any atom is 0.260 e. The van der Waals surface area contributed by atoms with Crippen molar-refractivity contribution in [2.24, 2.45) is 5.92 Å². The molecule has 1 aromatic rings. The molecule has 1 unspecified atom stereocenters. The Bertz CT molecular complexity index is 422. The third-order valence-electron chi connectivity index (χ3n) is 3.13. The maximum absolute atomic E-state index is 12.0. The van der Waals surface area contributed by atoms with Gasteiger partial charge in [0.05, 0.1) is 0 Å². The number of hydrogen-bond acceptors (Lipinski definition) is 4. The number of aromatic nitrogens is 2. The number of aryl methyl sites for hydroxylation is 1. The van der Waals surface area contributed by atoms with Gasteiger partial charge in [-0.2, -0.15) is 0 Å². The summed E-state index contributed by atoms with van der Waals surface area (Å²) in [7, 11) is 0. The predicted molar refractivity (Wildman–Crippen MR) is 67.2 cm³/mol. The van der Waals surface area contributed by atoms with Crippen molar-refractivity contribution in [2.75, 3.05) is 19.7 Å². The van der Waals surface area contributed by atoms with Crippen LogP contribution in [0.15, 0.2) is 12.4 Å². The summed E-state index contributed by atoms with van der Waals surface area (Å²) in [5.41, 5.74) is 0.832. The molecule has 0 spiro atoms. The largest absolute Gasteiger partial charge is 0.467 e. The lowest BCUT2D eigenvalue weighted by atomic mass is 10.0. The van der Waals surface area contributed by atoms with E-state index in [1.54, 1.807) is 6.07 Å². The van der Waals surface area contributed by atoms with Crippen LogP contribution in [0.25, 0.3) is 0 Å². The smallest absolute Gasteiger partial charge is 0.260 e. The molecule has 0 saturated carbocycles. The molecule has 98 valence electrons. The zero-order valence-electron chi connectivity index (χ0n) is 10.9. The Kier molecular flexibility index (Phi) is 4.12. The van der Waals surface area contributed by atoms with Gasteiger partial charge in [-0.05, 0) is 25.7 Å². The van der Waals surface area contributed by atoms with Gasteiger partial charge in [-0.1, -0.05) is 6.92 Å². The molecular weight excluding hydrogens is 230 g/mol. The molecule has 0 aliphatic carbocycles. The third kappa shape index (κ3) is 3.42. The highest BCUT2D eigenvalue weighted by Gasteiger charge is 2.21. The Hall–Kier alpha value is -1.65. The van der Waals surface area contributed by atoms with Crippen molar-refractivity contribution in [1.82, 2.24) is 14.9 Å². The van der Waals surface area contributed by atoms with Crippen LogP contribution >= 0.6 is 0 Å². The summed E-state index contributed by atoms with van der Waals surface area (Å²) >= 11 is 0. The van der Waals surface area contributed by atoms with Crippen molar-refractivity contribution < 1.29 is 9.53 Å². The monoisotopic (exact) mass is 249 g/mol. The normalized spacial score (nSPS) is 19.7. The molecule has 1 fully saturated rings. The SMILES string of the molecule is Cc1cc(OCC(=O)N2CCCC(C)C2)ncn1. The van der Waals surface area contributed by atoms with Gasteiger partial charge < -0.3 is 9.64 Å². The quantitative estimate of drug-likeness (QED) is 0.813. The van der Waals surface area contributed by atoms with Crippen LogP contribution in [0, 0.1) is 12.8 Å². The number of carbonyl (C=O) groups is 1. The zero-order valence-corrected chi connectivity index (χ0v) is 10.9. The van der Waals surface area contributed by atoms with Gasteiger partial charge in [-0.3, -0.25) is 4.79 Å². The number of likely N-dealkylation sites (tertiary alicyclic amines) is 1. The van der Waals surface area contributed by atoms with Gasteiger partial charge in [0, 0.05) is 24.8 Å². The second-order valence-electron chi connectivity index (χ2n) is 4.87. The number of carbonyl (C=O) groups excluding carboxylic acids is 1. The molecule has 0 bridgehead atoms. The average molecular weight is 249 g/mol. The van der Waals surface area contributed by atoms with E-state index >= 15 is 0 Å². The minimum absolute atomic E-state index is 0.0396. The van der Waals surface area contributed by atoms with Crippen molar-refractivity contribution >= 4 is 5.91 Å². The molecule has 1 atom stereocenters. The van der Waals surface area contributed by atoms with Gasteiger partial charge in [-0.15, -0.1) is 0 Å². The molecule has 2 heterocycles. The lowest BCUT2D eigenvalue weighted by Gasteiger charge is -2.30. The average Bonchev–Trinajstić information content (AvgIpc) is 2.36. The Balaban J connectivity index is 1.84. The molecule has 2 rings (SSSR count). The lowest BCUT2D eigenvalue weighted by molar-refractivity contribution is -0.135. The second-order valence-corrected chi connectivity index (χ2v) is 4.87. The Morgan fingerprint density at radius 2 is 2.39 bits per heavy atom. The minimum atomic E-state index is 0.0396. The number of piperidine rings is 1. The first kappa shape index (κ1) is 12.8. The van der Waals surface area contributed by atoms with E-state index in [0.29, 0.717) is 11.8 Å². The van der Waals surface area contributed by atoms with Crippen LogP contribution in [0.5, 0.6) is 5.88 Å². The Morgan fingerprint density at radius 1 is 1.56 bits per heavy atom. The van der Waals surface area contributed by atoms with E-state index in [0.717, 1.165) is 25.2 Å². The van der Waals surface area contributed by atoms with E-state index in [1.165, 1.54) is 12.7 Å². The van der Waals surface area contributed by atoms with Crippen LogP contribution in [0.4, 0.5) is 0 Å². The summed E-state index contributed by atoms with van der Waals surface area (Å²) in [6.45, 7) is 5.78. The van der Waals surface area contributed by atoms with Gasteiger partial charge in [0.15, 0.2) is 6.61 Å². The summed E-state index contributed by atoms with van der Waals surface area (Å²) in [6.07, 6.45) is 3.73. The van der Waals surface area contributed by atoms with Gasteiger partial charge >= 0.3 is 0 Å². The first-order chi connectivity index (χ1) is 8.65. The molecule has 1 aromatic heterocycles. The zero-order chi connectivity index (χ0) is 13.0. The summed E-state index contributed by atoms with van der Waals surface area (Å²) in [4.78, 5) is 21.8. The summed E-state index contributed by atoms with van der Waals surface area (Å²) in [5.74, 6) is 1.09. The Morgan fingerprint density at radius 3 is 3.11 bits per heavy atom. The summed E-state index contributed by atoms with van der Waals surface area (Å²) < 4.78 is 5.39. The number of rotatable bonds is 3. The molecule has 1 aliphatic heterocycles. The summed E-state index contributed by atoms with van der Waals surface area (Å²) in [6, 6.07) is 1.73. The van der Waals surface area contributed by atoms with Crippen LogP contribution < -0.4 is 4.74 Å². The van der Waals surface area contributed by atoms with E-state index in [2.05, 4.69) is 16.9 Å². The molecule has 0 radical (unpaired) electrons. The van der Waals surface area contributed by atoms with Gasteiger partial charge in [0.25, 0.3) is 5.91 Å². The van der Waals surface area contributed by atoms with E-state index in [-0.39, 0.29) is 12.5 Å². The van der Waals surface area contributed by atoms with Crippen molar-refractivity contribution in [2.45, 2.75) is 26.7 Å². The predicted octanol–water partition coefficient (Wildman–Crippen LogP) is 1.42. The van der Waals surface area contributed by atoms with Crippen molar-refractivity contribution in [1.29, 1.82) is 0 Å².